The van der Waals surface area contributed by atoms with Gasteiger partial charge in [-0.05, 0) is 49.9 Å². The number of nitriles is 1. The fraction of sp³-hybridized carbons (Fsp3) is 0.588. The summed E-state index contributed by atoms with van der Waals surface area (Å²) in [6.07, 6.45) is 5.28. The third-order valence-corrected chi connectivity index (χ3v) is 4.04. The van der Waals surface area contributed by atoms with Crippen molar-refractivity contribution < 1.29 is 4.74 Å². The standard InChI is InChI=1S/C17H24N2O/c1-2-19(14-15-6-3-7-15)10-5-11-20-17-9-4-8-16(12-17)13-18/h4,8-9,12,15H,2-3,5-7,10-11,14H2,1H3. The van der Waals surface area contributed by atoms with E-state index >= 15 is 0 Å². The molecule has 0 aliphatic heterocycles. The third kappa shape index (κ3) is 4.54. The first-order chi connectivity index (χ1) is 9.81. The Morgan fingerprint density at radius 2 is 2.25 bits per heavy atom. The number of hydrogen-bond acceptors (Lipinski definition) is 3. The number of nitrogens with zero attached hydrogens (tertiary/aromatic N) is 2. The molecule has 1 saturated carbocycles. The predicted molar refractivity (Wildman–Crippen MR) is 80.7 cm³/mol. The van der Waals surface area contributed by atoms with Gasteiger partial charge in [0.2, 0.25) is 0 Å². The van der Waals surface area contributed by atoms with Gasteiger partial charge in [0, 0.05) is 13.1 Å². The lowest BCUT2D eigenvalue weighted by molar-refractivity contribution is 0.172. The highest BCUT2D eigenvalue weighted by Gasteiger charge is 2.19. The van der Waals surface area contributed by atoms with Crippen LogP contribution in [-0.4, -0.2) is 31.1 Å². The molecule has 20 heavy (non-hydrogen) atoms. The fourth-order valence-electron chi connectivity index (χ4n) is 2.55. The average molecular weight is 272 g/mol. The van der Waals surface area contributed by atoms with Crippen LogP contribution in [0.4, 0.5) is 0 Å². The Labute approximate surface area is 122 Å². The molecule has 0 N–H and O–H groups in total. The van der Waals surface area contributed by atoms with Crippen LogP contribution >= 0.6 is 0 Å². The molecule has 1 aliphatic rings. The summed E-state index contributed by atoms with van der Waals surface area (Å²) < 4.78 is 5.71. The molecule has 108 valence electrons. The normalized spacial score (nSPS) is 14.8. The quantitative estimate of drug-likeness (QED) is 0.680. The smallest absolute Gasteiger partial charge is 0.120 e. The van der Waals surface area contributed by atoms with Crippen molar-refractivity contribution in [1.82, 2.24) is 4.90 Å². The van der Waals surface area contributed by atoms with Crippen LogP contribution < -0.4 is 4.74 Å². The van der Waals surface area contributed by atoms with Crippen molar-refractivity contribution in [3.63, 3.8) is 0 Å². The molecule has 0 atom stereocenters. The maximum atomic E-state index is 8.84. The van der Waals surface area contributed by atoms with Crippen LogP contribution in [0, 0.1) is 17.2 Å². The second-order valence-electron chi connectivity index (χ2n) is 5.53. The minimum Gasteiger partial charge on any atom is -0.494 e. The van der Waals surface area contributed by atoms with E-state index in [-0.39, 0.29) is 0 Å². The van der Waals surface area contributed by atoms with Gasteiger partial charge in [-0.2, -0.15) is 5.26 Å². The van der Waals surface area contributed by atoms with Crippen LogP contribution in [0.1, 0.15) is 38.2 Å². The Bertz CT molecular complexity index is 449. The van der Waals surface area contributed by atoms with Crippen molar-refractivity contribution in [1.29, 1.82) is 5.26 Å². The summed E-state index contributed by atoms with van der Waals surface area (Å²) in [5.74, 6) is 1.73. The lowest BCUT2D eigenvalue weighted by atomic mass is 9.85. The van der Waals surface area contributed by atoms with E-state index in [0.717, 1.165) is 37.8 Å². The molecule has 2 rings (SSSR count). The van der Waals surface area contributed by atoms with Crippen LogP contribution in [-0.2, 0) is 0 Å². The second kappa shape index (κ2) is 7.91. The first-order valence-electron chi connectivity index (χ1n) is 7.67. The number of hydrogen-bond donors (Lipinski definition) is 0. The molecule has 0 unspecified atom stereocenters. The third-order valence-electron chi connectivity index (χ3n) is 4.04. The monoisotopic (exact) mass is 272 g/mol. The molecule has 3 heteroatoms. The van der Waals surface area contributed by atoms with Gasteiger partial charge in [-0.3, -0.25) is 0 Å². The molecular weight excluding hydrogens is 248 g/mol. The number of rotatable bonds is 8. The van der Waals surface area contributed by atoms with Crippen LogP contribution in [0.2, 0.25) is 0 Å². The van der Waals surface area contributed by atoms with E-state index in [9.17, 15) is 0 Å². The Hall–Kier alpha value is -1.53. The van der Waals surface area contributed by atoms with Gasteiger partial charge in [0.1, 0.15) is 5.75 Å². The van der Waals surface area contributed by atoms with E-state index in [2.05, 4.69) is 17.9 Å². The molecule has 1 fully saturated rings. The lowest BCUT2D eigenvalue weighted by Crippen LogP contribution is -2.33. The van der Waals surface area contributed by atoms with Gasteiger partial charge in [-0.15, -0.1) is 0 Å². The summed E-state index contributed by atoms with van der Waals surface area (Å²) in [5.41, 5.74) is 0.655. The van der Waals surface area contributed by atoms with Gasteiger partial charge < -0.3 is 9.64 Å². The summed E-state index contributed by atoms with van der Waals surface area (Å²) in [6, 6.07) is 9.50. The average Bonchev–Trinajstić information content (AvgIpc) is 2.45. The van der Waals surface area contributed by atoms with E-state index in [1.165, 1.54) is 25.8 Å². The summed E-state index contributed by atoms with van der Waals surface area (Å²) in [6.45, 7) is 6.43. The largest absolute Gasteiger partial charge is 0.494 e. The Balaban J connectivity index is 1.65. The minimum absolute atomic E-state index is 0.655. The van der Waals surface area contributed by atoms with Crippen LogP contribution in [0.5, 0.6) is 5.75 Å². The van der Waals surface area contributed by atoms with Crippen molar-refractivity contribution in [3.05, 3.63) is 29.8 Å². The Kier molecular flexibility index (Phi) is 5.88. The summed E-state index contributed by atoms with van der Waals surface area (Å²) >= 11 is 0. The van der Waals surface area contributed by atoms with E-state index in [4.69, 9.17) is 10.00 Å². The molecule has 0 saturated heterocycles. The molecule has 0 spiro atoms. The molecule has 1 aromatic rings. The van der Waals surface area contributed by atoms with E-state index in [0.29, 0.717) is 5.56 Å². The first-order valence-corrected chi connectivity index (χ1v) is 7.67. The van der Waals surface area contributed by atoms with Crippen molar-refractivity contribution in [2.45, 2.75) is 32.6 Å². The van der Waals surface area contributed by atoms with Crippen LogP contribution in [0.15, 0.2) is 24.3 Å². The molecule has 0 aromatic heterocycles. The van der Waals surface area contributed by atoms with Gasteiger partial charge >= 0.3 is 0 Å². The van der Waals surface area contributed by atoms with Gasteiger partial charge in [0.25, 0.3) is 0 Å². The van der Waals surface area contributed by atoms with Gasteiger partial charge in [-0.25, -0.2) is 0 Å². The van der Waals surface area contributed by atoms with E-state index in [1.807, 2.05) is 12.1 Å². The maximum absolute atomic E-state index is 8.84. The highest BCUT2D eigenvalue weighted by atomic mass is 16.5. The van der Waals surface area contributed by atoms with Crippen molar-refractivity contribution in [2.75, 3.05) is 26.2 Å². The Morgan fingerprint density at radius 3 is 2.90 bits per heavy atom. The minimum atomic E-state index is 0.655. The number of benzene rings is 1. The highest BCUT2D eigenvalue weighted by molar-refractivity contribution is 5.36. The summed E-state index contributed by atoms with van der Waals surface area (Å²) in [4.78, 5) is 2.53. The molecule has 0 bridgehead atoms. The van der Waals surface area contributed by atoms with Crippen LogP contribution in [0.25, 0.3) is 0 Å². The molecule has 0 amide bonds. The zero-order valence-corrected chi connectivity index (χ0v) is 12.3. The molecule has 3 nitrogen and oxygen atoms in total. The molecule has 1 aromatic carbocycles. The molecule has 0 radical (unpaired) electrons. The lowest BCUT2D eigenvalue weighted by Gasteiger charge is -2.31. The van der Waals surface area contributed by atoms with E-state index in [1.54, 1.807) is 12.1 Å². The van der Waals surface area contributed by atoms with Gasteiger partial charge in [0.15, 0.2) is 0 Å². The summed E-state index contributed by atoms with van der Waals surface area (Å²) in [5, 5.41) is 8.84. The number of ether oxygens (including phenoxy) is 1. The maximum Gasteiger partial charge on any atom is 0.120 e. The van der Waals surface area contributed by atoms with Crippen molar-refractivity contribution in [3.8, 4) is 11.8 Å². The zero-order chi connectivity index (χ0) is 14.2. The van der Waals surface area contributed by atoms with E-state index < -0.39 is 0 Å². The van der Waals surface area contributed by atoms with Crippen LogP contribution in [0.3, 0.4) is 0 Å². The van der Waals surface area contributed by atoms with Crippen molar-refractivity contribution >= 4 is 0 Å². The first kappa shape index (κ1) is 14.9. The summed E-state index contributed by atoms with van der Waals surface area (Å²) in [7, 11) is 0. The highest BCUT2D eigenvalue weighted by Crippen LogP contribution is 2.27. The second-order valence-corrected chi connectivity index (χ2v) is 5.53. The van der Waals surface area contributed by atoms with Crippen molar-refractivity contribution in [2.24, 2.45) is 5.92 Å². The van der Waals surface area contributed by atoms with Gasteiger partial charge in [0.05, 0.1) is 18.2 Å². The predicted octanol–water partition coefficient (Wildman–Crippen LogP) is 3.45. The van der Waals surface area contributed by atoms with Gasteiger partial charge in [-0.1, -0.05) is 19.4 Å². The fourth-order valence-corrected chi connectivity index (χ4v) is 2.55. The zero-order valence-electron chi connectivity index (χ0n) is 12.3. The molecular formula is C17H24N2O. The SMILES string of the molecule is CCN(CCCOc1cccc(C#N)c1)CC1CCC1. The molecule has 1 aliphatic carbocycles. The Morgan fingerprint density at radius 1 is 1.40 bits per heavy atom. The molecule has 0 heterocycles. The topological polar surface area (TPSA) is 36.3 Å².